The second-order valence-electron chi connectivity index (χ2n) is 6.63. The smallest absolute Gasteiger partial charge is 0.228 e. The fraction of sp³-hybridized carbons (Fsp3) is 0.381. The van der Waals surface area contributed by atoms with E-state index in [9.17, 15) is 9.18 Å². The molecule has 3 rings (SSSR count). The highest BCUT2D eigenvalue weighted by molar-refractivity contribution is 6.30. The Morgan fingerprint density at radius 3 is 2.43 bits per heavy atom. The Bertz CT molecular complexity index is 902. The predicted octanol–water partition coefficient (Wildman–Crippen LogP) is 5.01. The van der Waals surface area contributed by atoms with Crippen molar-refractivity contribution in [3.63, 3.8) is 0 Å². The Morgan fingerprint density at radius 1 is 1.11 bits per heavy atom. The second-order valence-corrected chi connectivity index (χ2v) is 7.07. The summed E-state index contributed by atoms with van der Waals surface area (Å²) in [4.78, 5) is 12.9. The van der Waals surface area contributed by atoms with Crippen LogP contribution in [0.25, 0.3) is 0 Å². The van der Waals surface area contributed by atoms with Crippen molar-refractivity contribution in [2.24, 2.45) is 5.92 Å². The van der Waals surface area contributed by atoms with Crippen molar-refractivity contribution in [3.05, 3.63) is 46.2 Å². The van der Waals surface area contributed by atoms with Gasteiger partial charge in [-0.2, -0.15) is 0 Å². The molecule has 1 aliphatic heterocycles. The first-order valence-corrected chi connectivity index (χ1v) is 9.43. The van der Waals surface area contributed by atoms with Gasteiger partial charge in [0.05, 0.1) is 27.0 Å². The summed E-state index contributed by atoms with van der Waals surface area (Å²) in [6.07, 6.45) is 1.35. The lowest BCUT2D eigenvalue weighted by atomic mass is 9.74. The molecule has 2 aromatic rings. The highest BCUT2D eigenvalue weighted by Gasteiger charge is 2.41. The number of anilines is 1. The first kappa shape index (κ1) is 20.3. The summed E-state index contributed by atoms with van der Waals surface area (Å²) in [6, 6.07) is 6.06. The molecule has 2 atom stereocenters. The number of methoxy groups -OCH3 is 3. The van der Waals surface area contributed by atoms with Crippen LogP contribution in [-0.4, -0.2) is 27.2 Å². The van der Waals surface area contributed by atoms with E-state index in [1.54, 1.807) is 12.1 Å². The third-order valence-electron chi connectivity index (χ3n) is 5.07. The lowest BCUT2D eigenvalue weighted by Gasteiger charge is -2.35. The van der Waals surface area contributed by atoms with Crippen LogP contribution in [0.5, 0.6) is 17.2 Å². The highest BCUT2D eigenvalue weighted by Crippen LogP contribution is 2.53. The second kappa shape index (κ2) is 8.27. The summed E-state index contributed by atoms with van der Waals surface area (Å²) in [6.45, 7) is 1.99. The number of hydrogen-bond donors (Lipinski definition) is 1. The van der Waals surface area contributed by atoms with Crippen LogP contribution < -0.4 is 19.5 Å². The summed E-state index contributed by atoms with van der Waals surface area (Å²) in [5.41, 5.74) is 1.52. The molecule has 7 heteroatoms. The van der Waals surface area contributed by atoms with Crippen LogP contribution in [0.2, 0.25) is 5.02 Å². The lowest BCUT2D eigenvalue weighted by molar-refractivity contribution is -0.120. The third-order valence-corrected chi connectivity index (χ3v) is 5.30. The summed E-state index contributed by atoms with van der Waals surface area (Å²) in [7, 11) is 4.52. The summed E-state index contributed by atoms with van der Waals surface area (Å²) in [5, 5.41) is 3.32. The molecule has 0 aliphatic carbocycles. The molecule has 0 fully saturated rings. The zero-order valence-electron chi connectivity index (χ0n) is 16.3. The van der Waals surface area contributed by atoms with Crippen LogP contribution in [-0.2, 0) is 4.79 Å². The molecule has 0 saturated carbocycles. The van der Waals surface area contributed by atoms with Gasteiger partial charge in [0.15, 0.2) is 11.5 Å². The number of halogens is 2. The van der Waals surface area contributed by atoms with Crippen molar-refractivity contribution in [2.45, 2.75) is 25.7 Å². The molecule has 1 heterocycles. The monoisotopic (exact) mass is 407 g/mol. The van der Waals surface area contributed by atoms with E-state index in [1.807, 2.05) is 6.92 Å². The fourth-order valence-electron chi connectivity index (χ4n) is 3.90. The van der Waals surface area contributed by atoms with E-state index >= 15 is 0 Å². The molecule has 0 aromatic heterocycles. The highest BCUT2D eigenvalue weighted by atomic mass is 35.5. The number of hydrogen-bond acceptors (Lipinski definition) is 4. The number of ether oxygens (including phenoxy) is 3. The molecule has 0 spiro atoms. The van der Waals surface area contributed by atoms with Crippen molar-refractivity contribution < 1.29 is 23.4 Å². The first-order valence-electron chi connectivity index (χ1n) is 9.05. The Balaban J connectivity index is 2.35. The van der Waals surface area contributed by atoms with Crippen molar-refractivity contribution in [3.8, 4) is 17.2 Å². The predicted molar refractivity (Wildman–Crippen MR) is 106 cm³/mol. The van der Waals surface area contributed by atoms with Crippen molar-refractivity contribution in [2.75, 3.05) is 26.6 Å². The molecular weight excluding hydrogens is 385 g/mol. The number of benzene rings is 2. The maximum Gasteiger partial charge on any atom is 0.228 e. The summed E-state index contributed by atoms with van der Waals surface area (Å²) in [5.74, 6) is -0.432. The maximum atomic E-state index is 14.9. The van der Waals surface area contributed by atoms with Crippen LogP contribution in [0.15, 0.2) is 24.3 Å². The van der Waals surface area contributed by atoms with Crippen LogP contribution in [0.1, 0.15) is 36.8 Å². The molecule has 0 radical (unpaired) electrons. The number of nitrogens with one attached hydrogen (secondary N) is 1. The number of amides is 1. The van der Waals surface area contributed by atoms with Crippen molar-refractivity contribution >= 4 is 23.2 Å². The van der Waals surface area contributed by atoms with E-state index in [-0.39, 0.29) is 5.91 Å². The van der Waals surface area contributed by atoms with Gasteiger partial charge in [-0.3, -0.25) is 4.79 Å². The van der Waals surface area contributed by atoms with Gasteiger partial charge in [-0.1, -0.05) is 24.9 Å². The number of carbonyl (C=O) groups is 1. The van der Waals surface area contributed by atoms with Crippen molar-refractivity contribution in [1.82, 2.24) is 0 Å². The normalized spacial score (nSPS) is 18.3. The molecule has 150 valence electrons. The van der Waals surface area contributed by atoms with Crippen molar-refractivity contribution in [1.29, 1.82) is 0 Å². The lowest BCUT2D eigenvalue weighted by Crippen LogP contribution is -2.35. The largest absolute Gasteiger partial charge is 0.493 e. The minimum Gasteiger partial charge on any atom is -0.493 e. The number of rotatable bonds is 6. The molecular formula is C21H23ClFNO4. The van der Waals surface area contributed by atoms with E-state index in [0.29, 0.717) is 45.5 Å². The molecule has 1 aliphatic rings. The maximum absolute atomic E-state index is 14.9. The van der Waals surface area contributed by atoms with Gasteiger partial charge in [0.25, 0.3) is 0 Å². The molecule has 1 amide bonds. The number of fused-ring (bicyclic) bond motifs is 1. The Hall–Kier alpha value is -2.47. The molecule has 28 heavy (non-hydrogen) atoms. The molecule has 2 unspecified atom stereocenters. The Morgan fingerprint density at radius 2 is 1.82 bits per heavy atom. The van der Waals surface area contributed by atoms with E-state index in [0.717, 1.165) is 6.42 Å². The Labute approximate surface area is 168 Å². The summed E-state index contributed by atoms with van der Waals surface area (Å²) >= 11 is 6.16. The first-order chi connectivity index (χ1) is 13.5. The van der Waals surface area contributed by atoms with Gasteiger partial charge in [0.1, 0.15) is 5.82 Å². The van der Waals surface area contributed by atoms with Gasteiger partial charge in [-0.25, -0.2) is 4.39 Å². The van der Waals surface area contributed by atoms with Crippen LogP contribution in [0.3, 0.4) is 0 Å². The average Bonchev–Trinajstić information content (AvgIpc) is 2.69. The minimum absolute atomic E-state index is 0.173. The molecule has 2 aromatic carbocycles. The van der Waals surface area contributed by atoms with E-state index < -0.39 is 17.7 Å². The quantitative estimate of drug-likeness (QED) is 0.731. The molecule has 1 N–H and O–H groups in total. The van der Waals surface area contributed by atoms with Gasteiger partial charge in [0.2, 0.25) is 11.7 Å². The summed E-state index contributed by atoms with van der Waals surface area (Å²) < 4.78 is 31.4. The zero-order chi connectivity index (χ0) is 20.4. The standard InChI is InChI=1S/C21H23ClFNO4/c1-5-6-12-17(13-9-11(22)7-8-14(13)23)18-15(24-21(12)25)10-16(26-2)19(27-3)20(18)28-4/h7-10,12,17H,5-6H2,1-4H3,(H,24,25). The minimum atomic E-state index is -0.572. The van der Waals surface area contributed by atoms with Crippen LogP contribution in [0.4, 0.5) is 10.1 Å². The van der Waals surface area contributed by atoms with Crippen LogP contribution >= 0.6 is 11.6 Å². The Kier molecular flexibility index (Phi) is 5.98. The molecule has 0 bridgehead atoms. The van der Waals surface area contributed by atoms with E-state index in [1.165, 1.54) is 33.5 Å². The van der Waals surface area contributed by atoms with Gasteiger partial charge >= 0.3 is 0 Å². The molecule has 5 nitrogen and oxygen atoms in total. The average molecular weight is 408 g/mol. The van der Waals surface area contributed by atoms with Crippen LogP contribution in [0, 0.1) is 11.7 Å². The fourth-order valence-corrected chi connectivity index (χ4v) is 4.08. The van der Waals surface area contributed by atoms with E-state index in [4.69, 9.17) is 25.8 Å². The van der Waals surface area contributed by atoms with Gasteiger partial charge in [-0.05, 0) is 30.2 Å². The topological polar surface area (TPSA) is 56.8 Å². The third kappa shape index (κ3) is 3.37. The molecule has 0 saturated heterocycles. The zero-order valence-corrected chi connectivity index (χ0v) is 17.0. The van der Waals surface area contributed by atoms with E-state index in [2.05, 4.69) is 5.32 Å². The number of carbonyl (C=O) groups excluding carboxylic acids is 1. The van der Waals surface area contributed by atoms with Gasteiger partial charge in [0, 0.05) is 28.5 Å². The van der Waals surface area contributed by atoms with Gasteiger partial charge < -0.3 is 19.5 Å². The SMILES string of the molecule is CCCC1C(=O)Nc2cc(OC)c(OC)c(OC)c2C1c1cc(Cl)ccc1F. The van der Waals surface area contributed by atoms with Gasteiger partial charge in [-0.15, -0.1) is 0 Å².